The number of likely N-dealkylation sites (N-methyl/N-ethyl adjacent to an activating group) is 3. The molecule has 0 bridgehead atoms. The molecular weight excluding hydrogens is 1670 g/mol. The molecule has 0 N–H and O–H groups in total. The number of likely N-dealkylation sites (tertiary alicyclic amines) is 3. The molecule has 7 aromatic rings. The minimum atomic E-state index is -4.73. The quantitative estimate of drug-likeness (QED) is 0.0371. The molecule has 126 heavy (non-hydrogen) atoms. The molecule has 16 rings (SSSR count). The summed E-state index contributed by atoms with van der Waals surface area (Å²) in [7, 11) is 6.21. The lowest BCUT2D eigenvalue weighted by molar-refractivity contribution is -0.138. The highest BCUT2D eigenvalue weighted by atomic mass is 35.5. The number of fused-ring (bicyclic) bond motifs is 4. The second kappa shape index (κ2) is 41.0. The molecule has 3 amide bonds. The lowest BCUT2D eigenvalue weighted by Crippen LogP contribution is -2.56. The molecule has 668 valence electrons. The van der Waals surface area contributed by atoms with Crippen LogP contribution in [0.3, 0.4) is 0 Å². The monoisotopic (exact) mass is 1780 g/mol. The Morgan fingerprint density at radius 1 is 0.476 bits per heavy atom. The number of hydrogen-bond donors (Lipinski definition) is 0. The van der Waals surface area contributed by atoms with Crippen LogP contribution >= 0.6 is 25.1 Å². The summed E-state index contributed by atoms with van der Waals surface area (Å²) in [5.41, 5.74) is 4.92. The van der Waals surface area contributed by atoms with Crippen molar-refractivity contribution >= 4 is 88.2 Å². The summed E-state index contributed by atoms with van der Waals surface area (Å²) in [4.78, 5) is 105. The van der Waals surface area contributed by atoms with Gasteiger partial charge in [0, 0.05) is 136 Å². The number of halogens is 8. The van der Waals surface area contributed by atoms with E-state index in [4.69, 9.17) is 70.4 Å². The summed E-state index contributed by atoms with van der Waals surface area (Å²) < 4.78 is 116. The van der Waals surface area contributed by atoms with Gasteiger partial charge in [-0.15, -0.1) is 0 Å². The van der Waals surface area contributed by atoms with Crippen molar-refractivity contribution in [2.75, 3.05) is 188 Å². The highest BCUT2D eigenvalue weighted by Crippen LogP contribution is 2.45. The Labute approximate surface area is 741 Å². The number of hydrogen-bond acceptors (Lipinski definition) is 22. The van der Waals surface area contributed by atoms with E-state index >= 15 is 0 Å². The van der Waals surface area contributed by atoms with Gasteiger partial charge < -0.3 is 87.5 Å². The van der Waals surface area contributed by atoms with Crippen LogP contribution < -0.4 is 43.6 Å². The van der Waals surface area contributed by atoms with Gasteiger partial charge in [-0.05, 0) is 159 Å². The Bertz CT molecular complexity index is 5270. The summed E-state index contributed by atoms with van der Waals surface area (Å²) in [5.74, 6) is 0.548. The third-order valence-corrected chi connectivity index (χ3v) is 25.4. The smallest absolute Gasteiger partial charge is 0.419 e. The molecule has 0 spiro atoms. The van der Waals surface area contributed by atoms with Crippen LogP contribution in [0.25, 0.3) is 25.4 Å². The molecule has 9 aliphatic heterocycles. The molecule has 0 saturated carbocycles. The minimum Gasteiger partial charge on any atom is -0.462 e. The van der Waals surface area contributed by atoms with Crippen LogP contribution in [0.1, 0.15) is 83.4 Å². The Morgan fingerprint density at radius 2 is 0.873 bits per heavy atom. The van der Waals surface area contributed by atoms with E-state index < -0.39 is 29.3 Å². The fraction of sp³-hybridized carbons (Fsp3) is 0.494. The molecule has 6 saturated heterocycles. The van der Waals surface area contributed by atoms with Crippen molar-refractivity contribution in [3.63, 3.8) is 0 Å². The molecule has 6 fully saturated rings. The maximum atomic E-state index is 14.0. The zero-order chi connectivity index (χ0) is 88.4. The fourth-order valence-electron chi connectivity index (χ4n) is 18.4. The molecule has 37 heteroatoms. The first-order chi connectivity index (χ1) is 60.2. The first-order valence-corrected chi connectivity index (χ1v) is 42.7. The van der Waals surface area contributed by atoms with E-state index in [2.05, 4.69) is 87.9 Å². The van der Waals surface area contributed by atoms with E-state index in [1.54, 1.807) is 24.5 Å². The lowest BCUT2D eigenvalue weighted by Gasteiger charge is -2.41. The maximum absolute atomic E-state index is 14.0. The SMILES string of the molecule is S.[C-]#[N+]CC1CN(c2nc(OC[C@@H]3CCCN3C)nc3c2CCN(c2ccc(F)cc2C(F)(F)F)C3)CCN1C(=O)C=C.[C-]#[N+]CC1CN(c2nc(OC[C@@H]3CCCN3C)nc3c2CCN(c2cccc(Cl)c2C(F)(F)F)C3)CCN1C(=O)C=C.[C-]#[N+]CC1CN(c2nc(OC[C@@H]3CCCN3C)nc3c2CCN(c2ccnc4ccccc24)C3)CCN1C(=O)C=C. The standard InChI is InChI=1S/C31H36N8O2.C29H33ClF3N7O2.C29H33F4N7O2.H2S/c1-4-29(40)39-17-16-38(19-23(39)18-32-2)30-25-12-15-37(28-11-13-33-26-10-6-5-9-24(26)28)20-27(25)34-31(35-30)41-21-22-8-7-14-36(22)3;1-4-25(41)40-14-13-39(16-20(40)15-34-2)27-21-10-12-38(24-9-5-8-22(30)26(24)29(31,32)33)17-23(21)35-28(36-27)42-18-19-7-6-11-37(19)3;1-4-26(41)40-13-12-39(16-21(40)15-34-2)27-22-9-11-38(25-8-7-19(30)14-23(25)29(31,32)33)17-24(22)35-28(36-27)42-18-20-6-5-10-37(20)3;/h4-6,9-11,13,22-23H,1,7-8,12,14-21H2,3H3;4-5,8-9,19-20H,1,6-7,10-18H2,3H3;4,7-8,14,20-21H,1,5-6,9-13,15-18H2,3H3;1H2/t22-,23?;19-,20?;20-,21?;/m000./s1. The van der Waals surface area contributed by atoms with Crippen molar-refractivity contribution in [2.24, 2.45) is 0 Å². The molecule has 4 aromatic heterocycles. The number of rotatable bonds is 21. The van der Waals surface area contributed by atoms with Crippen molar-refractivity contribution in [1.29, 1.82) is 0 Å². The van der Waals surface area contributed by atoms with E-state index in [1.807, 2.05) is 48.3 Å². The third-order valence-electron chi connectivity index (χ3n) is 25.1. The third kappa shape index (κ3) is 21.0. The van der Waals surface area contributed by atoms with Crippen LogP contribution in [-0.4, -0.2) is 277 Å². The summed E-state index contributed by atoms with van der Waals surface area (Å²) >= 11 is 6.03. The van der Waals surface area contributed by atoms with Crippen LogP contribution in [0.2, 0.25) is 5.02 Å². The number of ether oxygens (including phenoxy) is 3. The van der Waals surface area contributed by atoms with Crippen LogP contribution in [0.4, 0.5) is 65.2 Å². The van der Waals surface area contributed by atoms with Gasteiger partial charge >= 0.3 is 30.4 Å². The normalized spacial score (nSPS) is 21.0. The topological polar surface area (TPSA) is 221 Å². The van der Waals surface area contributed by atoms with Gasteiger partial charge in [0.05, 0.1) is 64.1 Å². The molecule has 9 aliphatic rings. The summed E-state index contributed by atoms with van der Waals surface area (Å²) in [6.07, 6.45) is 4.28. The van der Waals surface area contributed by atoms with E-state index in [1.165, 1.54) is 42.8 Å². The maximum Gasteiger partial charge on any atom is 0.419 e. The predicted molar refractivity (Wildman–Crippen MR) is 472 cm³/mol. The van der Waals surface area contributed by atoms with Crippen molar-refractivity contribution in [3.8, 4) is 18.0 Å². The zero-order valence-electron chi connectivity index (χ0n) is 70.9. The fourth-order valence-corrected chi connectivity index (χ4v) is 18.7. The number of aromatic nitrogens is 7. The number of para-hydroxylation sites is 1. The summed E-state index contributed by atoms with van der Waals surface area (Å²) in [6, 6.07) is 17.7. The number of amides is 3. The molecule has 6 atom stereocenters. The van der Waals surface area contributed by atoms with Gasteiger partial charge in [0.1, 0.15) is 61.2 Å². The number of nitrogens with zero attached hydrogens (tertiary/aromatic N) is 22. The lowest BCUT2D eigenvalue weighted by atomic mass is 10.0. The van der Waals surface area contributed by atoms with Gasteiger partial charge in [0.25, 0.3) is 0 Å². The van der Waals surface area contributed by atoms with Crippen LogP contribution in [-0.2, 0) is 65.6 Å². The molecule has 13 heterocycles. The highest BCUT2D eigenvalue weighted by molar-refractivity contribution is 7.59. The number of carbonyl (C=O) groups excluding carboxylic acids is 3. The number of benzene rings is 3. The van der Waals surface area contributed by atoms with Crippen LogP contribution in [0.15, 0.2) is 111 Å². The molecule has 28 nitrogen and oxygen atoms in total. The van der Waals surface area contributed by atoms with Gasteiger partial charge in [-0.3, -0.25) is 19.4 Å². The average molecular weight is 1780 g/mol. The predicted octanol–water partition coefficient (Wildman–Crippen LogP) is 11.4. The average Bonchev–Trinajstić information content (AvgIpc) is 0.901. The van der Waals surface area contributed by atoms with E-state index in [9.17, 15) is 45.1 Å². The molecule has 0 radical (unpaired) electrons. The molecule has 3 unspecified atom stereocenters. The zero-order valence-corrected chi connectivity index (χ0v) is 72.6. The van der Waals surface area contributed by atoms with Crippen molar-refractivity contribution < 1.29 is 59.3 Å². The van der Waals surface area contributed by atoms with Crippen molar-refractivity contribution in [3.05, 3.63) is 201 Å². The van der Waals surface area contributed by atoms with Crippen LogP contribution in [0.5, 0.6) is 18.0 Å². The van der Waals surface area contributed by atoms with Gasteiger partial charge in [-0.25, -0.2) is 24.1 Å². The number of anilines is 6. The second-order valence-electron chi connectivity index (χ2n) is 32.7. The molecule has 3 aromatic carbocycles. The van der Waals surface area contributed by atoms with Gasteiger partial charge in [-0.1, -0.05) is 55.6 Å². The molecule has 0 aliphatic carbocycles. The highest BCUT2D eigenvalue weighted by Gasteiger charge is 2.44. The van der Waals surface area contributed by atoms with E-state index in [-0.39, 0.29) is 129 Å². The van der Waals surface area contributed by atoms with E-state index in [0.717, 1.165) is 122 Å². The minimum absolute atomic E-state index is 0. The summed E-state index contributed by atoms with van der Waals surface area (Å²) in [6.45, 7) is 44.2. The van der Waals surface area contributed by atoms with Gasteiger partial charge in [0.2, 0.25) is 37.4 Å². The first-order valence-electron chi connectivity index (χ1n) is 42.3. The largest absolute Gasteiger partial charge is 0.462 e. The van der Waals surface area contributed by atoms with E-state index in [0.29, 0.717) is 146 Å². The molecular formula is C89H104ClF7N22O6S. The first kappa shape index (κ1) is 92.3. The number of carbonyl (C=O) groups is 3. The number of alkyl halides is 6. The Balaban J connectivity index is 0.000000161. The number of piperazine rings is 3. The Morgan fingerprint density at radius 3 is 1.25 bits per heavy atom. The van der Waals surface area contributed by atoms with Gasteiger partial charge in [0.15, 0.2) is 0 Å². The second-order valence-corrected chi connectivity index (χ2v) is 33.1. The Kier molecular flexibility index (Phi) is 30.0. The van der Waals surface area contributed by atoms with Crippen LogP contribution in [0, 0.1) is 25.5 Å². The van der Waals surface area contributed by atoms with Crippen molar-refractivity contribution in [2.45, 2.75) is 126 Å². The number of pyridine rings is 1. The Hall–Kier alpha value is -11.4. The van der Waals surface area contributed by atoms with Crippen molar-refractivity contribution in [1.82, 2.24) is 64.3 Å². The van der Waals surface area contributed by atoms with Gasteiger partial charge in [-0.2, -0.15) is 69.7 Å². The summed E-state index contributed by atoms with van der Waals surface area (Å²) in [5, 5.41) is 0.773.